The quantitative estimate of drug-likeness (QED) is 0.1000. The van der Waals surface area contributed by atoms with E-state index < -0.39 is 35.9 Å². The van der Waals surface area contributed by atoms with Gasteiger partial charge in [0, 0.05) is 18.8 Å². The molecule has 10 atom stereocenters. The number of ether oxygens (including phenoxy) is 4. The summed E-state index contributed by atoms with van der Waals surface area (Å²) in [5, 5.41) is 21.4. The van der Waals surface area contributed by atoms with Gasteiger partial charge in [-0.25, -0.2) is 4.79 Å². The molecule has 9 heteroatoms. The van der Waals surface area contributed by atoms with Crippen LogP contribution in [0.3, 0.4) is 0 Å². The van der Waals surface area contributed by atoms with E-state index in [2.05, 4.69) is 19.9 Å². The Morgan fingerprint density at radius 1 is 1.15 bits per heavy atom. The van der Waals surface area contributed by atoms with E-state index in [0.717, 1.165) is 12.0 Å². The van der Waals surface area contributed by atoms with E-state index in [1.165, 1.54) is 6.92 Å². The van der Waals surface area contributed by atoms with Gasteiger partial charge < -0.3 is 29.2 Å². The number of hydrogen-bond acceptors (Lipinski definition) is 9. The molecule has 0 radical (unpaired) electrons. The number of hydrogen-bond donors (Lipinski definition) is 2. The monoisotopic (exact) mass is 640 g/mol. The Morgan fingerprint density at radius 2 is 1.85 bits per heavy atom. The zero-order valence-electron chi connectivity index (χ0n) is 28.3. The van der Waals surface area contributed by atoms with Crippen molar-refractivity contribution in [1.29, 1.82) is 0 Å². The van der Waals surface area contributed by atoms with Crippen LogP contribution in [-0.2, 0) is 28.5 Å². The molecule has 2 aliphatic rings. The molecule has 0 saturated carbocycles. The van der Waals surface area contributed by atoms with E-state index in [1.807, 2.05) is 51.1 Å². The molecule has 1 fully saturated rings. The molecule has 1 aromatic carbocycles. The lowest BCUT2D eigenvalue weighted by molar-refractivity contribution is -0.157. The van der Waals surface area contributed by atoms with Gasteiger partial charge >= 0.3 is 17.9 Å². The van der Waals surface area contributed by atoms with E-state index in [1.54, 1.807) is 31.2 Å². The summed E-state index contributed by atoms with van der Waals surface area (Å²) in [5.74, 6) is -1.40. The maximum Gasteiger partial charge on any atom is 0.338 e. The van der Waals surface area contributed by atoms with Crippen molar-refractivity contribution in [3.05, 3.63) is 71.8 Å². The Labute approximate surface area is 273 Å². The Bertz CT molecular complexity index is 1250. The summed E-state index contributed by atoms with van der Waals surface area (Å²) in [6.45, 7) is 12.8. The van der Waals surface area contributed by atoms with Crippen LogP contribution in [0.15, 0.2) is 66.3 Å². The highest BCUT2D eigenvalue weighted by molar-refractivity contribution is 5.89. The fraction of sp³-hybridized carbons (Fsp3) is 0.595. The molecule has 46 heavy (non-hydrogen) atoms. The maximum absolute atomic E-state index is 12.7. The van der Waals surface area contributed by atoms with Crippen molar-refractivity contribution in [1.82, 2.24) is 0 Å². The van der Waals surface area contributed by atoms with Gasteiger partial charge in [0.25, 0.3) is 0 Å². The van der Waals surface area contributed by atoms with Crippen LogP contribution in [-0.4, -0.2) is 70.3 Å². The lowest BCUT2D eigenvalue weighted by atomic mass is 9.88. The van der Waals surface area contributed by atoms with Crippen LogP contribution < -0.4 is 0 Å². The van der Waals surface area contributed by atoms with Gasteiger partial charge in [-0.1, -0.05) is 70.2 Å². The highest BCUT2D eigenvalue weighted by Gasteiger charge is 2.46. The molecule has 10 unspecified atom stereocenters. The highest BCUT2D eigenvalue weighted by atomic mass is 16.6. The van der Waals surface area contributed by atoms with Crippen LogP contribution in [0.2, 0.25) is 0 Å². The van der Waals surface area contributed by atoms with Crippen molar-refractivity contribution >= 4 is 17.9 Å². The first kappa shape index (κ1) is 37.2. The molecule has 3 rings (SSSR count). The molecule has 1 aromatic rings. The average molecular weight is 641 g/mol. The molecule has 2 heterocycles. The molecule has 0 bridgehead atoms. The largest absolute Gasteiger partial charge is 0.458 e. The summed E-state index contributed by atoms with van der Waals surface area (Å²) in [6.07, 6.45) is 8.27. The smallest absolute Gasteiger partial charge is 0.338 e. The molecule has 0 aliphatic carbocycles. The molecule has 9 nitrogen and oxygen atoms in total. The highest BCUT2D eigenvalue weighted by Crippen LogP contribution is 2.37. The van der Waals surface area contributed by atoms with E-state index in [9.17, 15) is 24.6 Å². The van der Waals surface area contributed by atoms with E-state index in [-0.39, 0.29) is 61.3 Å². The van der Waals surface area contributed by atoms with Gasteiger partial charge in [0.15, 0.2) is 0 Å². The van der Waals surface area contributed by atoms with Crippen LogP contribution in [0.5, 0.6) is 0 Å². The lowest BCUT2D eigenvalue weighted by Crippen LogP contribution is -2.42. The molecule has 2 N–H and O–H groups in total. The van der Waals surface area contributed by atoms with Gasteiger partial charge in [-0.15, -0.1) is 0 Å². The van der Waals surface area contributed by atoms with Gasteiger partial charge in [0.05, 0.1) is 30.3 Å². The van der Waals surface area contributed by atoms with E-state index >= 15 is 0 Å². The topological polar surface area (TPSA) is 132 Å². The maximum atomic E-state index is 12.7. The van der Waals surface area contributed by atoms with E-state index in [4.69, 9.17) is 18.9 Å². The first-order valence-electron chi connectivity index (χ1n) is 16.4. The van der Waals surface area contributed by atoms with Gasteiger partial charge in [0.2, 0.25) is 0 Å². The van der Waals surface area contributed by atoms with Gasteiger partial charge in [-0.3, -0.25) is 9.59 Å². The van der Waals surface area contributed by atoms with E-state index in [0.29, 0.717) is 12.0 Å². The molecule has 1 saturated heterocycles. The first-order valence-corrected chi connectivity index (χ1v) is 16.4. The number of epoxide rings is 1. The van der Waals surface area contributed by atoms with Gasteiger partial charge in [0.1, 0.15) is 23.9 Å². The van der Waals surface area contributed by atoms with Crippen LogP contribution in [0.25, 0.3) is 0 Å². The van der Waals surface area contributed by atoms with Crippen molar-refractivity contribution < 1.29 is 43.5 Å². The second-order valence-electron chi connectivity index (χ2n) is 13.2. The predicted octanol–water partition coefficient (Wildman–Crippen LogP) is 5.89. The number of esters is 3. The summed E-state index contributed by atoms with van der Waals surface area (Å²) in [4.78, 5) is 37.0. The zero-order valence-corrected chi connectivity index (χ0v) is 28.3. The predicted molar refractivity (Wildman–Crippen MR) is 175 cm³/mol. The molecule has 0 amide bonds. The molecule has 0 aromatic heterocycles. The number of carbonyl (C=O) groups excluding carboxylic acids is 3. The minimum absolute atomic E-state index is 0.0249. The molecular formula is C37H52O9. The zero-order chi connectivity index (χ0) is 34.0. The lowest BCUT2D eigenvalue weighted by Gasteiger charge is -2.32. The fourth-order valence-corrected chi connectivity index (χ4v) is 5.93. The summed E-state index contributed by atoms with van der Waals surface area (Å²) in [5.41, 5.74) is -0.0780. The third-order valence-electron chi connectivity index (χ3n) is 8.87. The number of rotatable bonds is 11. The molecule has 0 spiro atoms. The van der Waals surface area contributed by atoms with Crippen molar-refractivity contribution in [2.24, 2.45) is 17.8 Å². The minimum Gasteiger partial charge on any atom is -0.458 e. The van der Waals surface area contributed by atoms with Crippen LogP contribution >= 0.6 is 0 Å². The Morgan fingerprint density at radius 3 is 2.50 bits per heavy atom. The summed E-state index contributed by atoms with van der Waals surface area (Å²) in [7, 11) is 0. The number of aliphatic hydroxyl groups excluding tert-OH is 1. The Kier molecular flexibility index (Phi) is 13.8. The van der Waals surface area contributed by atoms with Gasteiger partial charge in [-0.05, 0) is 69.2 Å². The number of cyclic esters (lactones) is 1. The SMILES string of the molecule is CCC(OC(=O)c1ccccc1)C(C)C1OC1CC(C)C=CC=C(C)C1OC(=O)CC(O)CCC(C)(O)C(OC(C)=O)C=CC1C. The van der Waals surface area contributed by atoms with Crippen LogP contribution in [0.4, 0.5) is 0 Å². The summed E-state index contributed by atoms with van der Waals surface area (Å²) in [6, 6.07) is 9.00. The van der Waals surface area contributed by atoms with Gasteiger partial charge in [-0.2, -0.15) is 0 Å². The minimum atomic E-state index is -1.42. The summed E-state index contributed by atoms with van der Waals surface area (Å²) >= 11 is 0. The number of benzene rings is 1. The Hall–Kier alpha value is -3.27. The molecule has 254 valence electrons. The average Bonchev–Trinajstić information content (AvgIpc) is 3.77. The number of aliphatic hydroxyl groups is 2. The third kappa shape index (κ3) is 11.2. The van der Waals surface area contributed by atoms with Crippen molar-refractivity contribution in [3.8, 4) is 0 Å². The standard InChI is InChI=1S/C37H52O9/c1-8-30(45-36(41)28-15-10-9-11-16-28)26(5)35-31(44-35)21-23(2)13-12-14-24(3)34-25(4)17-18-32(43-27(6)38)37(7,42)20-19-29(39)22-33(40)46-34/h9-18,23,25-26,29-32,34-35,39,42H,8,19-22H2,1-7H3. The normalized spacial score (nSPS) is 31.2. The molecular weight excluding hydrogens is 588 g/mol. The molecule has 2 aliphatic heterocycles. The fourth-order valence-electron chi connectivity index (χ4n) is 5.93. The number of carbonyl (C=O) groups is 3. The Balaban J connectivity index is 1.62. The van der Waals surface area contributed by atoms with Crippen molar-refractivity contribution in [3.63, 3.8) is 0 Å². The second kappa shape index (κ2) is 17.0. The van der Waals surface area contributed by atoms with Crippen LogP contribution in [0.1, 0.15) is 90.9 Å². The first-order chi connectivity index (χ1) is 21.7. The van der Waals surface area contributed by atoms with Crippen LogP contribution in [0, 0.1) is 17.8 Å². The number of allylic oxidation sites excluding steroid dienone is 3. The van der Waals surface area contributed by atoms with Crippen molar-refractivity contribution in [2.45, 2.75) is 123 Å². The third-order valence-corrected chi connectivity index (χ3v) is 8.87. The summed E-state index contributed by atoms with van der Waals surface area (Å²) < 4.78 is 23.0. The van der Waals surface area contributed by atoms with Crippen molar-refractivity contribution in [2.75, 3.05) is 0 Å². The second-order valence-corrected chi connectivity index (χ2v) is 13.2.